The fourth-order valence-electron chi connectivity index (χ4n) is 2.15. The standard InChI is InChI=1S/C14H17N3O3/c1-3-13-16-17-14(20-13)8-18-9-4-5-10-11(15-2)7-19-12(10)6-9/h4-6,11,15H,3,7-8H2,1-2H3. The Labute approximate surface area is 117 Å². The van der Waals surface area contributed by atoms with Gasteiger partial charge in [-0.2, -0.15) is 0 Å². The molecule has 1 atom stereocenters. The number of nitrogens with one attached hydrogen (secondary N) is 1. The van der Waals surface area contributed by atoms with Crippen LogP contribution in [0.2, 0.25) is 0 Å². The Morgan fingerprint density at radius 2 is 2.20 bits per heavy atom. The minimum atomic E-state index is 0.252. The summed E-state index contributed by atoms with van der Waals surface area (Å²) in [6.07, 6.45) is 0.727. The number of likely N-dealkylation sites (N-methyl/N-ethyl adjacent to an activating group) is 1. The molecule has 0 bridgehead atoms. The second-order valence-electron chi connectivity index (χ2n) is 4.58. The summed E-state index contributed by atoms with van der Waals surface area (Å²) < 4.78 is 16.7. The van der Waals surface area contributed by atoms with Gasteiger partial charge in [0.25, 0.3) is 5.89 Å². The molecule has 6 nitrogen and oxygen atoms in total. The third-order valence-electron chi connectivity index (χ3n) is 3.29. The molecular weight excluding hydrogens is 258 g/mol. The first-order chi connectivity index (χ1) is 9.80. The molecule has 1 aliphatic rings. The molecule has 3 rings (SSSR count). The summed E-state index contributed by atoms with van der Waals surface area (Å²) >= 11 is 0. The maximum Gasteiger partial charge on any atom is 0.253 e. The van der Waals surface area contributed by atoms with Gasteiger partial charge in [-0.25, -0.2) is 0 Å². The first-order valence-corrected chi connectivity index (χ1v) is 6.68. The Morgan fingerprint density at radius 1 is 1.35 bits per heavy atom. The Balaban J connectivity index is 1.67. The highest BCUT2D eigenvalue weighted by Gasteiger charge is 2.22. The first-order valence-electron chi connectivity index (χ1n) is 6.68. The van der Waals surface area contributed by atoms with Crippen molar-refractivity contribution >= 4 is 0 Å². The molecule has 0 saturated heterocycles. The number of benzene rings is 1. The molecule has 106 valence electrons. The number of fused-ring (bicyclic) bond motifs is 1. The van der Waals surface area contributed by atoms with E-state index >= 15 is 0 Å². The van der Waals surface area contributed by atoms with Crippen LogP contribution in [0.4, 0.5) is 0 Å². The molecule has 0 fully saturated rings. The molecule has 1 aromatic heterocycles. The molecule has 0 amide bonds. The predicted molar refractivity (Wildman–Crippen MR) is 71.7 cm³/mol. The molecule has 0 spiro atoms. The van der Waals surface area contributed by atoms with Gasteiger partial charge in [-0.15, -0.1) is 10.2 Å². The van der Waals surface area contributed by atoms with Gasteiger partial charge in [-0.1, -0.05) is 6.92 Å². The van der Waals surface area contributed by atoms with E-state index < -0.39 is 0 Å². The van der Waals surface area contributed by atoms with Crippen LogP contribution in [0, 0.1) is 0 Å². The van der Waals surface area contributed by atoms with Gasteiger partial charge in [0.05, 0.1) is 6.04 Å². The highest BCUT2D eigenvalue weighted by molar-refractivity contribution is 5.44. The van der Waals surface area contributed by atoms with Crippen LogP contribution < -0.4 is 14.8 Å². The number of rotatable bonds is 5. The fourth-order valence-corrected chi connectivity index (χ4v) is 2.15. The van der Waals surface area contributed by atoms with Gasteiger partial charge in [-0.05, 0) is 19.2 Å². The van der Waals surface area contributed by atoms with Crippen molar-refractivity contribution < 1.29 is 13.9 Å². The van der Waals surface area contributed by atoms with Crippen molar-refractivity contribution in [3.63, 3.8) is 0 Å². The molecule has 6 heteroatoms. The lowest BCUT2D eigenvalue weighted by atomic mass is 10.1. The second kappa shape index (κ2) is 5.50. The van der Waals surface area contributed by atoms with E-state index in [-0.39, 0.29) is 12.6 Å². The molecule has 1 aliphatic heterocycles. The van der Waals surface area contributed by atoms with Crippen molar-refractivity contribution in [3.8, 4) is 11.5 Å². The van der Waals surface area contributed by atoms with Crippen LogP contribution in [-0.4, -0.2) is 23.9 Å². The molecule has 2 aromatic rings. The zero-order chi connectivity index (χ0) is 13.9. The maximum atomic E-state index is 5.65. The molecule has 0 aliphatic carbocycles. The molecule has 1 aromatic carbocycles. The fraction of sp³-hybridized carbons (Fsp3) is 0.429. The van der Waals surface area contributed by atoms with Crippen LogP contribution in [0.3, 0.4) is 0 Å². The van der Waals surface area contributed by atoms with Crippen molar-refractivity contribution in [3.05, 3.63) is 35.5 Å². The summed E-state index contributed by atoms with van der Waals surface area (Å²) in [5, 5.41) is 11.0. The number of hydrogen-bond donors (Lipinski definition) is 1. The lowest BCUT2D eigenvalue weighted by molar-refractivity contribution is 0.257. The lowest BCUT2D eigenvalue weighted by Gasteiger charge is -2.07. The summed E-state index contributed by atoms with van der Waals surface area (Å²) in [7, 11) is 1.93. The van der Waals surface area contributed by atoms with Crippen LogP contribution in [0.5, 0.6) is 11.5 Å². The number of ether oxygens (including phenoxy) is 2. The summed E-state index contributed by atoms with van der Waals surface area (Å²) in [5.41, 5.74) is 1.16. The van der Waals surface area contributed by atoms with Gasteiger partial charge in [0, 0.05) is 18.1 Å². The number of aromatic nitrogens is 2. The summed E-state index contributed by atoms with van der Waals surface area (Å²) in [5.74, 6) is 2.70. The van der Waals surface area contributed by atoms with Gasteiger partial charge in [0.2, 0.25) is 5.89 Å². The van der Waals surface area contributed by atoms with Gasteiger partial charge in [0.15, 0.2) is 6.61 Å². The van der Waals surface area contributed by atoms with Crippen molar-refractivity contribution in [2.24, 2.45) is 0 Å². The first kappa shape index (κ1) is 12.9. The van der Waals surface area contributed by atoms with Crippen molar-refractivity contribution in [2.75, 3.05) is 13.7 Å². The highest BCUT2D eigenvalue weighted by Crippen LogP contribution is 2.35. The highest BCUT2D eigenvalue weighted by atomic mass is 16.5. The van der Waals surface area contributed by atoms with Gasteiger partial charge in [0.1, 0.15) is 18.1 Å². The smallest absolute Gasteiger partial charge is 0.253 e. The Bertz CT molecular complexity index is 597. The maximum absolute atomic E-state index is 5.65. The van der Waals surface area contributed by atoms with E-state index in [0.29, 0.717) is 18.4 Å². The lowest BCUT2D eigenvalue weighted by Crippen LogP contribution is -2.17. The monoisotopic (exact) mass is 275 g/mol. The van der Waals surface area contributed by atoms with Crippen LogP contribution in [0.1, 0.15) is 30.3 Å². The van der Waals surface area contributed by atoms with E-state index in [0.717, 1.165) is 23.5 Å². The van der Waals surface area contributed by atoms with E-state index in [9.17, 15) is 0 Å². The Morgan fingerprint density at radius 3 is 2.95 bits per heavy atom. The third-order valence-corrected chi connectivity index (χ3v) is 3.29. The van der Waals surface area contributed by atoms with Gasteiger partial charge < -0.3 is 19.2 Å². The zero-order valence-corrected chi connectivity index (χ0v) is 11.5. The molecule has 0 saturated carbocycles. The SMILES string of the molecule is CCc1nnc(COc2ccc3c(c2)OCC3NC)o1. The molecule has 20 heavy (non-hydrogen) atoms. The van der Waals surface area contributed by atoms with Crippen molar-refractivity contribution in [2.45, 2.75) is 26.0 Å². The van der Waals surface area contributed by atoms with E-state index in [1.165, 1.54) is 0 Å². The number of aryl methyl sites for hydroxylation is 1. The second-order valence-corrected chi connectivity index (χ2v) is 4.58. The average molecular weight is 275 g/mol. The number of nitrogens with zero attached hydrogens (tertiary/aromatic N) is 2. The Kier molecular flexibility index (Phi) is 3.56. The molecule has 1 N–H and O–H groups in total. The van der Waals surface area contributed by atoms with Gasteiger partial charge >= 0.3 is 0 Å². The molecule has 1 unspecified atom stereocenters. The van der Waals surface area contributed by atoms with Crippen LogP contribution >= 0.6 is 0 Å². The van der Waals surface area contributed by atoms with Crippen LogP contribution in [0.25, 0.3) is 0 Å². The summed E-state index contributed by atoms with van der Waals surface area (Å²) in [6.45, 7) is 2.88. The Hall–Kier alpha value is -2.08. The van der Waals surface area contributed by atoms with Crippen molar-refractivity contribution in [1.82, 2.24) is 15.5 Å². The largest absolute Gasteiger partial charge is 0.491 e. The van der Waals surface area contributed by atoms with Crippen LogP contribution in [0.15, 0.2) is 22.6 Å². The summed E-state index contributed by atoms with van der Waals surface area (Å²) in [4.78, 5) is 0. The van der Waals surface area contributed by atoms with Crippen LogP contribution in [-0.2, 0) is 13.0 Å². The van der Waals surface area contributed by atoms with E-state index in [2.05, 4.69) is 15.5 Å². The molecular formula is C14H17N3O3. The third kappa shape index (κ3) is 2.46. The normalized spacial score (nSPS) is 16.8. The quantitative estimate of drug-likeness (QED) is 0.898. The molecule has 0 radical (unpaired) electrons. The number of hydrogen-bond acceptors (Lipinski definition) is 6. The van der Waals surface area contributed by atoms with Gasteiger partial charge in [-0.3, -0.25) is 0 Å². The topological polar surface area (TPSA) is 69.4 Å². The molecule has 2 heterocycles. The minimum Gasteiger partial charge on any atom is -0.491 e. The van der Waals surface area contributed by atoms with Crippen molar-refractivity contribution in [1.29, 1.82) is 0 Å². The minimum absolute atomic E-state index is 0.252. The zero-order valence-electron chi connectivity index (χ0n) is 11.5. The van der Waals surface area contributed by atoms with E-state index in [1.807, 2.05) is 32.2 Å². The average Bonchev–Trinajstić information content (AvgIpc) is 3.10. The van der Waals surface area contributed by atoms with E-state index in [1.54, 1.807) is 0 Å². The van der Waals surface area contributed by atoms with E-state index in [4.69, 9.17) is 13.9 Å². The summed E-state index contributed by atoms with van der Waals surface area (Å²) in [6, 6.07) is 6.09. The predicted octanol–water partition coefficient (Wildman–Crippen LogP) is 1.86.